The molecule has 21 heavy (non-hydrogen) atoms. The molecule has 0 aromatic heterocycles. The van der Waals surface area contributed by atoms with Crippen LogP contribution in [-0.4, -0.2) is 18.0 Å². The summed E-state index contributed by atoms with van der Waals surface area (Å²) in [5, 5.41) is 2.50. The average molecular weight is 302 g/mol. The highest BCUT2D eigenvalue weighted by atomic mass is 19.4. The second-order valence-corrected chi connectivity index (χ2v) is 5.51. The van der Waals surface area contributed by atoms with Crippen LogP contribution in [0.15, 0.2) is 18.2 Å². The Morgan fingerprint density at radius 2 is 1.67 bits per heavy atom. The molecule has 0 spiro atoms. The summed E-state index contributed by atoms with van der Waals surface area (Å²) in [5.41, 5.74) is -0.00890. The van der Waals surface area contributed by atoms with E-state index in [2.05, 4.69) is 5.32 Å². The highest BCUT2D eigenvalue weighted by molar-refractivity contribution is 5.93. The summed E-state index contributed by atoms with van der Waals surface area (Å²) in [5.74, 6) is -0.400. The first kappa shape index (κ1) is 17.3. The van der Waals surface area contributed by atoms with Crippen molar-refractivity contribution in [2.45, 2.75) is 52.9 Å². The number of anilines is 2. The van der Waals surface area contributed by atoms with Gasteiger partial charge in [-0.1, -0.05) is 0 Å². The van der Waals surface area contributed by atoms with E-state index < -0.39 is 17.6 Å². The number of hydrogen-bond donors (Lipinski definition) is 1. The zero-order chi connectivity index (χ0) is 16.4. The number of carbonyl (C=O) groups excluding carboxylic acids is 1. The Labute approximate surface area is 123 Å². The standard InChI is InChI=1S/C15H21F3N2O/c1-9(2)20(10(3)4)14-7-6-12(15(16,17)18)8-13(14)19-11(5)21/h6-10H,1-5H3,(H,19,21). The van der Waals surface area contributed by atoms with Gasteiger partial charge in [0.15, 0.2) is 0 Å². The molecule has 0 saturated heterocycles. The van der Waals surface area contributed by atoms with Gasteiger partial charge in [-0.05, 0) is 45.9 Å². The molecule has 0 aliphatic heterocycles. The summed E-state index contributed by atoms with van der Waals surface area (Å²) in [6.45, 7) is 9.09. The summed E-state index contributed by atoms with van der Waals surface area (Å²) >= 11 is 0. The number of amides is 1. The van der Waals surface area contributed by atoms with Crippen LogP contribution in [-0.2, 0) is 11.0 Å². The Kier molecular flexibility index (Phi) is 5.25. The monoisotopic (exact) mass is 302 g/mol. The second kappa shape index (κ2) is 6.37. The van der Waals surface area contributed by atoms with Crippen molar-refractivity contribution < 1.29 is 18.0 Å². The van der Waals surface area contributed by atoms with Crippen LogP contribution in [0, 0.1) is 0 Å². The predicted molar refractivity (Wildman–Crippen MR) is 78.5 cm³/mol. The lowest BCUT2D eigenvalue weighted by Gasteiger charge is -2.34. The van der Waals surface area contributed by atoms with Crippen LogP contribution < -0.4 is 10.2 Å². The number of hydrogen-bond acceptors (Lipinski definition) is 2. The minimum atomic E-state index is -4.44. The zero-order valence-corrected chi connectivity index (χ0v) is 12.9. The number of carbonyl (C=O) groups is 1. The molecule has 0 aliphatic carbocycles. The smallest absolute Gasteiger partial charge is 0.365 e. The highest BCUT2D eigenvalue weighted by Gasteiger charge is 2.32. The van der Waals surface area contributed by atoms with Crippen molar-refractivity contribution in [1.82, 2.24) is 0 Å². The third-order valence-electron chi connectivity index (χ3n) is 3.03. The van der Waals surface area contributed by atoms with Crippen molar-refractivity contribution in [3.05, 3.63) is 23.8 Å². The van der Waals surface area contributed by atoms with Crippen LogP contribution in [0.25, 0.3) is 0 Å². The lowest BCUT2D eigenvalue weighted by Crippen LogP contribution is -2.37. The quantitative estimate of drug-likeness (QED) is 0.900. The van der Waals surface area contributed by atoms with Crippen LogP contribution in [0.3, 0.4) is 0 Å². The molecule has 0 heterocycles. The summed E-state index contributed by atoms with van der Waals surface area (Å²) in [7, 11) is 0. The van der Waals surface area contributed by atoms with Gasteiger partial charge in [0.2, 0.25) is 5.91 Å². The fourth-order valence-electron chi connectivity index (χ4n) is 2.38. The van der Waals surface area contributed by atoms with Crippen LogP contribution in [0.4, 0.5) is 24.5 Å². The largest absolute Gasteiger partial charge is 0.416 e. The van der Waals surface area contributed by atoms with Crippen molar-refractivity contribution in [3.8, 4) is 0 Å². The maximum absolute atomic E-state index is 12.8. The van der Waals surface area contributed by atoms with Gasteiger partial charge in [0.05, 0.1) is 16.9 Å². The Balaban J connectivity index is 3.40. The average Bonchev–Trinajstić information content (AvgIpc) is 2.28. The van der Waals surface area contributed by atoms with Crippen LogP contribution in [0.2, 0.25) is 0 Å². The van der Waals surface area contributed by atoms with Crippen LogP contribution >= 0.6 is 0 Å². The van der Waals surface area contributed by atoms with Gasteiger partial charge in [0.1, 0.15) is 0 Å². The number of nitrogens with one attached hydrogen (secondary N) is 1. The molecule has 6 heteroatoms. The molecular weight excluding hydrogens is 281 g/mol. The maximum Gasteiger partial charge on any atom is 0.416 e. The van der Waals surface area contributed by atoms with Gasteiger partial charge in [-0.25, -0.2) is 0 Å². The summed E-state index contributed by atoms with van der Waals surface area (Å²) in [6, 6.07) is 3.62. The fourth-order valence-corrected chi connectivity index (χ4v) is 2.38. The molecule has 0 radical (unpaired) electrons. The Bertz CT molecular complexity index is 502. The fraction of sp³-hybridized carbons (Fsp3) is 0.533. The number of alkyl halides is 3. The topological polar surface area (TPSA) is 32.3 Å². The number of halogens is 3. The highest BCUT2D eigenvalue weighted by Crippen LogP contribution is 2.36. The number of nitrogens with zero attached hydrogens (tertiary/aromatic N) is 1. The molecule has 1 amide bonds. The van der Waals surface area contributed by atoms with E-state index in [1.807, 2.05) is 32.6 Å². The molecule has 1 aromatic carbocycles. The van der Waals surface area contributed by atoms with Gasteiger partial charge in [-0.3, -0.25) is 4.79 Å². The third kappa shape index (κ3) is 4.37. The second-order valence-electron chi connectivity index (χ2n) is 5.51. The van der Waals surface area contributed by atoms with E-state index in [-0.39, 0.29) is 17.8 Å². The molecular formula is C15H21F3N2O. The van der Waals surface area contributed by atoms with Crippen LogP contribution in [0.5, 0.6) is 0 Å². The molecule has 0 atom stereocenters. The summed E-state index contributed by atoms with van der Waals surface area (Å²) in [6.07, 6.45) is -4.44. The van der Waals surface area contributed by atoms with Crippen molar-refractivity contribution in [3.63, 3.8) is 0 Å². The molecule has 1 rings (SSSR count). The molecule has 0 aliphatic rings. The zero-order valence-electron chi connectivity index (χ0n) is 12.9. The minimum Gasteiger partial charge on any atom is -0.365 e. The summed E-state index contributed by atoms with van der Waals surface area (Å²) in [4.78, 5) is 13.2. The first-order valence-corrected chi connectivity index (χ1v) is 6.81. The normalized spacial score (nSPS) is 11.9. The van der Waals surface area contributed by atoms with Gasteiger partial charge >= 0.3 is 6.18 Å². The van der Waals surface area contributed by atoms with Crippen molar-refractivity contribution in [2.24, 2.45) is 0 Å². The van der Waals surface area contributed by atoms with Gasteiger partial charge < -0.3 is 10.2 Å². The molecule has 0 bridgehead atoms. The first-order valence-electron chi connectivity index (χ1n) is 6.81. The van der Waals surface area contributed by atoms with E-state index in [0.717, 1.165) is 12.1 Å². The molecule has 0 unspecified atom stereocenters. The van der Waals surface area contributed by atoms with Gasteiger partial charge in [0, 0.05) is 19.0 Å². The lowest BCUT2D eigenvalue weighted by atomic mass is 10.1. The van der Waals surface area contributed by atoms with Crippen LogP contribution in [0.1, 0.15) is 40.2 Å². The Morgan fingerprint density at radius 3 is 2.05 bits per heavy atom. The maximum atomic E-state index is 12.8. The van der Waals surface area contributed by atoms with Gasteiger partial charge in [0.25, 0.3) is 0 Å². The van der Waals surface area contributed by atoms with E-state index >= 15 is 0 Å². The lowest BCUT2D eigenvalue weighted by molar-refractivity contribution is -0.137. The Morgan fingerprint density at radius 1 is 1.14 bits per heavy atom. The third-order valence-corrected chi connectivity index (χ3v) is 3.03. The summed E-state index contributed by atoms with van der Waals surface area (Å²) < 4.78 is 38.5. The van der Waals surface area contributed by atoms with E-state index in [0.29, 0.717) is 5.69 Å². The Hall–Kier alpha value is -1.72. The molecule has 118 valence electrons. The van der Waals surface area contributed by atoms with Gasteiger partial charge in [-0.2, -0.15) is 13.2 Å². The van der Waals surface area contributed by atoms with Crippen molar-refractivity contribution in [1.29, 1.82) is 0 Å². The van der Waals surface area contributed by atoms with Crippen molar-refractivity contribution in [2.75, 3.05) is 10.2 Å². The predicted octanol–water partition coefficient (Wildman–Crippen LogP) is 4.29. The molecule has 1 aromatic rings. The number of benzene rings is 1. The molecule has 0 saturated carbocycles. The minimum absolute atomic E-state index is 0.0919. The van der Waals surface area contributed by atoms with E-state index in [4.69, 9.17) is 0 Å². The van der Waals surface area contributed by atoms with E-state index in [1.165, 1.54) is 13.0 Å². The van der Waals surface area contributed by atoms with Crippen molar-refractivity contribution >= 4 is 17.3 Å². The molecule has 0 fully saturated rings. The van der Waals surface area contributed by atoms with Gasteiger partial charge in [-0.15, -0.1) is 0 Å². The SMILES string of the molecule is CC(=O)Nc1cc(C(F)(F)F)ccc1N(C(C)C)C(C)C. The van der Waals surface area contributed by atoms with E-state index in [9.17, 15) is 18.0 Å². The number of rotatable bonds is 4. The molecule has 1 N–H and O–H groups in total. The first-order chi connectivity index (χ1) is 9.54. The molecule has 3 nitrogen and oxygen atoms in total. The van der Waals surface area contributed by atoms with E-state index in [1.54, 1.807) is 0 Å².